The number of aromatic nitrogens is 1. The lowest BCUT2D eigenvalue weighted by atomic mass is 10.1. The van der Waals surface area contributed by atoms with Crippen LogP contribution in [0.5, 0.6) is 5.75 Å². The molecule has 0 spiro atoms. The van der Waals surface area contributed by atoms with Gasteiger partial charge in [-0.1, -0.05) is 35.0 Å². The second kappa shape index (κ2) is 10.2. The van der Waals surface area contributed by atoms with E-state index >= 15 is 0 Å². The molecule has 0 aliphatic heterocycles. The largest absolute Gasteiger partial charge is 0.486 e. The van der Waals surface area contributed by atoms with Crippen molar-refractivity contribution >= 4 is 33.2 Å². The summed E-state index contributed by atoms with van der Waals surface area (Å²) >= 11 is 5.02. The van der Waals surface area contributed by atoms with Crippen LogP contribution in [0.1, 0.15) is 52.5 Å². The molecule has 6 heteroatoms. The smallest absolute Gasteiger partial charge is 0.254 e. The number of halogens is 1. The number of carbonyl (C=O) groups excluding carboxylic acids is 1. The van der Waals surface area contributed by atoms with Gasteiger partial charge in [-0.3, -0.25) is 4.79 Å². The van der Waals surface area contributed by atoms with Gasteiger partial charge in [-0.05, 0) is 68.7 Å². The number of hydrogen-bond acceptors (Lipinski definition) is 4. The Bertz CT molecular complexity index is 1020. The van der Waals surface area contributed by atoms with Gasteiger partial charge in [0.15, 0.2) is 0 Å². The number of ether oxygens (including phenoxy) is 1. The number of amides is 1. The molecular formula is C24H27BrN2O2S. The predicted molar refractivity (Wildman–Crippen MR) is 126 cm³/mol. The van der Waals surface area contributed by atoms with Crippen molar-refractivity contribution < 1.29 is 9.53 Å². The summed E-state index contributed by atoms with van der Waals surface area (Å²) in [5, 5.41) is 2.92. The Morgan fingerprint density at radius 2 is 2.00 bits per heavy atom. The average molecular weight is 487 g/mol. The van der Waals surface area contributed by atoms with Crippen LogP contribution in [-0.2, 0) is 13.2 Å². The lowest BCUT2D eigenvalue weighted by Gasteiger charge is -2.28. The van der Waals surface area contributed by atoms with Crippen LogP contribution < -0.4 is 4.74 Å². The highest BCUT2D eigenvalue weighted by atomic mass is 79.9. The third-order valence-corrected chi connectivity index (χ3v) is 6.59. The van der Waals surface area contributed by atoms with E-state index in [4.69, 9.17) is 9.72 Å². The van der Waals surface area contributed by atoms with Crippen molar-refractivity contribution in [2.24, 2.45) is 0 Å². The Kier molecular flexibility index (Phi) is 7.67. The van der Waals surface area contributed by atoms with Crippen LogP contribution in [-0.4, -0.2) is 21.8 Å². The monoisotopic (exact) mass is 486 g/mol. The van der Waals surface area contributed by atoms with Crippen LogP contribution >= 0.6 is 27.3 Å². The van der Waals surface area contributed by atoms with E-state index in [1.165, 1.54) is 11.1 Å². The maximum absolute atomic E-state index is 13.1. The molecule has 0 unspecified atom stereocenters. The fraction of sp³-hybridized carbons (Fsp3) is 0.333. The van der Waals surface area contributed by atoms with Crippen LogP contribution in [0.4, 0.5) is 0 Å². The first-order valence-electron chi connectivity index (χ1n) is 10.1. The number of hydrogen-bond donors (Lipinski definition) is 0. The van der Waals surface area contributed by atoms with E-state index in [9.17, 15) is 4.79 Å². The molecule has 0 radical (unpaired) electrons. The lowest BCUT2D eigenvalue weighted by molar-refractivity contribution is 0.0669. The van der Waals surface area contributed by atoms with Crippen LogP contribution in [0.2, 0.25) is 0 Å². The minimum Gasteiger partial charge on any atom is -0.486 e. The molecule has 0 fully saturated rings. The first-order valence-corrected chi connectivity index (χ1v) is 11.7. The van der Waals surface area contributed by atoms with Crippen LogP contribution in [0, 0.1) is 13.8 Å². The Morgan fingerprint density at radius 3 is 2.70 bits per heavy atom. The standard InChI is InChI=1S/C24H27BrN2O2S/c1-5-18(4)27(24(28)19-7-6-8-20(25)12-19)13-21-15-30-23(26-21)14-29-22-10-9-16(2)17(3)11-22/h6-12,15,18H,5,13-14H2,1-4H3/t18-/m1/s1. The van der Waals surface area contributed by atoms with Crippen LogP contribution in [0.25, 0.3) is 0 Å². The van der Waals surface area contributed by atoms with E-state index in [0.717, 1.165) is 27.3 Å². The number of rotatable bonds is 8. The normalized spacial score (nSPS) is 11.9. The Labute approximate surface area is 191 Å². The molecule has 1 amide bonds. The van der Waals surface area contributed by atoms with Gasteiger partial charge in [0, 0.05) is 21.5 Å². The molecule has 3 rings (SSSR count). The van der Waals surface area contributed by atoms with Crippen molar-refractivity contribution in [3.05, 3.63) is 79.7 Å². The summed E-state index contributed by atoms with van der Waals surface area (Å²) in [5.74, 6) is 0.868. The number of benzene rings is 2. The molecule has 0 aliphatic rings. The zero-order chi connectivity index (χ0) is 21.7. The summed E-state index contributed by atoms with van der Waals surface area (Å²) in [4.78, 5) is 19.7. The molecule has 0 saturated heterocycles. The van der Waals surface area contributed by atoms with Crippen molar-refractivity contribution in [2.75, 3.05) is 0 Å². The van der Waals surface area contributed by atoms with E-state index in [1.807, 2.05) is 46.7 Å². The molecule has 3 aromatic rings. The molecule has 0 N–H and O–H groups in total. The van der Waals surface area contributed by atoms with Gasteiger partial charge in [0.2, 0.25) is 0 Å². The third kappa shape index (κ3) is 5.70. The Morgan fingerprint density at radius 1 is 1.20 bits per heavy atom. The average Bonchev–Trinajstić information content (AvgIpc) is 3.19. The fourth-order valence-corrected chi connectivity index (χ4v) is 4.14. The molecule has 1 heterocycles. The summed E-state index contributed by atoms with van der Waals surface area (Å²) in [7, 11) is 0. The number of carbonyl (C=O) groups is 1. The number of aryl methyl sites for hydroxylation is 2. The van der Waals surface area contributed by atoms with E-state index in [-0.39, 0.29) is 11.9 Å². The molecule has 158 valence electrons. The molecule has 4 nitrogen and oxygen atoms in total. The zero-order valence-corrected chi connectivity index (χ0v) is 20.2. The first-order chi connectivity index (χ1) is 14.4. The highest BCUT2D eigenvalue weighted by Gasteiger charge is 2.22. The summed E-state index contributed by atoms with van der Waals surface area (Å²) in [5.41, 5.74) is 4.03. The van der Waals surface area contributed by atoms with Gasteiger partial charge in [0.05, 0.1) is 12.2 Å². The van der Waals surface area contributed by atoms with E-state index in [0.29, 0.717) is 18.7 Å². The molecular weight excluding hydrogens is 460 g/mol. The van der Waals surface area contributed by atoms with Crippen LogP contribution in [0.3, 0.4) is 0 Å². The maximum atomic E-state index is 13.1. The van der Waals surface area contributed by atoms with E-state index in [1.54, 1.807) is 11.3 Å². The molecule has 30 heavy (non-hydrogen) atoms. The van der Waals surface area contributed by atoms with Gasteiger partial charge >= 0.3 is 0 Å². The summed E-state index contributed by atoms with van der Waals surface area (Å²) in [6.07, 6.45) is 0.882. The summed E-state index contributed by atoms with van der Waals surface area (Å²) in [6.45, 7) is 9.25. The van der Waals surface area contributed by atoms with Gasteiger partial charge in [0.25, 0.3) is 5.91 Å². The van der Waals surface area contributed by atoms with Crippen molar-refractivity contribution in [1.29, 1.82) is 0 Å². The molecule has 0 aliphatic carbocycles. The molecule has 1 atom stereocenters. The highest BCUT2D eigenvalue weighted by molar-refractivity contribution is 9.10. The minimum absolute atomic E-state index is 0.0200. The lowest BCUT2D eigenvalue weighted by Crippen LogP contribution is -2.37. The topological polar surface area (TPSA) is 42.4 Å². The molecule has 2 aromatic carbocycles. The second-order valence-corrected chi connectivity index (χ2v) is 9.33. The second-order valence-electron chi connectivity index (χ2n) is 7.47. The SMILES string of the molecule is CC[C@@H](C)N(Cc1csc(COc2ccc(C)c(C)c2)n1)C(=O)c1cccc(Br)c1. The van der Waals surface area contributed by atoms with Gasteiger partial charge in [-0.15, -0.1) is 11.3 Å². The van der Waals surface area contributed by atoms with Gasteiger partial charge < -0.3 is 9.64 Å². The third-order valence-electron chi connectivity index (χ3n) is 5.23. The molecule has 1 aromatic heterocycles. The summed E-state index contributed by atoms with van der Waals surface area (Å²) < 4.78 is 6.81. The quantitative estimate of drug-likeness (QED) is 0.362. The Hall–Kier alpha value is -2.18. The molecule has 0 bridgehead atoms. The number of nitrogens with zero attached hydrogens (tertiary/aromatic N) is 2. The van der Waals surface area contributed by atoms with Crippen molar-refractivity contribution in [3.63, 3.8) is 0 Å². The summed E-state index contributed by atoms with van der Waals surface area (Å²) in [6, 6.07) is 13.7. The zero-order valence-electron chi connectivity index (χ0n) is 17.8. The van der Waals surface area contributed by atoms with Crippen LogP contribution in [0.15, 0.2) is 52.3 Å². The van der Waals surface area contributed by atoms with Crippen molar-refractivity contribution in [3.8, 4) is 5.75 Å². The van der Waals surface area contributed by atoms with Crippen molar-refractivity contribution in [1.82, 2.24) is 9.88 Å². The van der Waals surface area contributed by atoms with E-state index < -0.39 is 0 Å². The highest BCUT2D eigenvalue weighted by Crippen LogP contribution is 2.21. The minimum atomic E-state index is 0.0200. The van der Waals surface area contributed by atoms with Gasteiger partial charge in [-0.2, -0.15) is 0 Å². The van der Waals surface area contributed by atoms with Gasteiger partial charge in [0.1, 0.15) is 17.4 Å². The van der Waals surface area contributed by atoms with E-state index in [2.05, 4.69) is 49.7 Å². The number of thiazole rings is 1. The molecule has 0 saturated carbocycles. The maximum Gasteiger partial charge on any atom is 0.254 e. The van der Waals surface area contributed by atoms with Crippen molar-refractivity contribution in [2.45, 2.75) is 53.3 Å². The van der Waals surface area contributed by atoms with Gasteiger partial charge in [-0.25, -0.2) is 4.98 Å². The Balaban J connectivity index is 1.69. The fourth-order valence-electron chi connectivity index (χ4n) is 3.05. The first kappa shape index (κ1) is 22.5. The predicted octanol–water partition coefficient (Wildman–Crippen LogP) is 6.54.